The number of benzene rings is 1. The molecule has 0 spiro atoms. The van der Waals surface area contributed by atoms with E-state index in [0.717, 1.165) is 11.3 Å². The Morgan fingerprint density at radius 3 is 2.32 bits per heavy atom. The molecule has 3 N–H and O–H groups in total. The van der Waals surface area contributed by atoms with Gasteiger partial charge in [-0.1, -0.05) is 12.1 Å². The van der Waals surface area contributed by atoms with Gasteiger partial charge in [-0.25, -0.2) is 13.6 Å². The smallest absolute Gasteiger partial charge is 0.253 e. The van der Waals surface area contributed by atoms with Gasteiger partial charge in [0.25, 0.3) is 5.91 Å². The number of hydrogen-bond donors (Lipinski definition) is 2. The normalized spacial score (nSPS) is 12.7. The quantitative estimate of drug-likeness (QED) is 0.892. The van der Waals surface area contributed by atoms with Crippen LogP contribution in [0.1, 0.15) is 34.6 Å². The summed E-state index contributed by atoms with van der Waals surface area (Å²) in [5, 5.41) is 7.88. The molecule has 0 fully saturated rings. The van der Waals surface area contributed by atoms with Crippen LogP contribution in [0, 0.1) is 6.92 Å². The van der Waals surface area contributed by atoms with E-state index in [1.807, 2.05) is 13.8 Å². The number of nitrogens with zero attached hydrogens (tertiary/aromatic N) is 1. The maximum absolute atomic E-state index is 12.1. The Morgan fingerprint density at radius 2 is 1.82 bits per heavy atom. The number of carbonyl (C=O) groups excluding carboxylic acids is 1. The largest absolute Gasteiger partial charge is 0.345 e. The first-order valence-electron chi connectivity index (χ1n) is 6.63. The average molecular weight is 319 g/mol. The maximum Gasteiger partial charge on any atom is 0.253 e. The number of aryl methyl sites for hydroxylation is 1. The zero-order valence-electron chi connectivity index (χ0n) is 12.3. The molecule has 0 aliphatic carbocycles. The number of hydrogen-bond acceptors (Lipinski definition) is 4. The van der Waals surface area contributed by atoms with E-state index in [2.05, 4.69) is 10.3 Å². The fourth-order valence-electron chi connectivity index (χ4n) is 1.91. The number of carbonyl (C=O) groups is 1. The van der Waals surface area contributed by atoms with Gasteiger partial charge in [0.05, 0.1) is 16.5 Å². The topological polar surface area (TPSA) is 102 Å². The molecule has 116 valence electrons. The summed E-state index contributed by atoms with van der Waals surface area (Å²) in [5.41, 5.74) is 2.09. The van der Waals surface area contributed by atoms with Gasteiger partial charge in [-0.3, -0.25) is 9.78 Å². The predicted octanol–water partition coefficient (Wildman–Crippen LogP) is 1.53. The third kappa shape index (κ3) is 3.90. The maximum atomic E-state index is 12.1. The van der Waals surface area contributed by atoms with E-state index >= 15 is 0 Å². The van der Waals surface area contributed by atoms with E-state index in [0.29, 0.717) is 5.56 Å². The van der Waals surface area contributed by atoms with Gasteiger partial charge in [-0.2, -0.15) is 0 Å². The average Bonchev–Trinajstić information content (AvgIpc) is 2.47. The molecule has 0 bridgehead atoms. The van der Waals surface area contributed by atoms with Gasteiger partial charge < -0.3 is 5.32 Å². The molecular formula is C15H17N3O3S. The van der Waals surface area contributed by atoms with E-state index < -0.39 is 10.0 Å². The minimum atomic E-state index is -3.71. The lowest BCUT2D eigenvalue weighted by Gasteiger charge is -2.14. The number of rotatable bonds is 4. The molecule has 2 rings (SSSR count). The Labute approximate surface area is 129 Å². The highest BCUT2D eigenvalue weighted by Gasteiger charge is 2.13. The number of primary sulfonamides is 1. The SMILES string of the molecule is Cc1ccc(C(=O)N[C@@H](C)c2ccc(S(N)(=O)=O)cc2)cn1. The van der Waals surface area contributed by atoms with Crippen LogP contribution >= 0.6 is 0 Å². The molecular weight excluding hydrogens is 302 g/mol. The fourth-order valence-corrected chi connectivity index (χ4v) is 2.43. The molecule has 1 atom stereocenters. The number of sulfonamides is 1. The van der Waals surface area contributed by atoms with Crippen molar-refractivity contribution >= 4 is 15.9 Å². The van der Waals surface area contributed by atoms with E-state index in [4.69, 9.17) is 5.14 Å². The van der Waals surface area contributed by atoms with E-state index in [9.17, 15) is 13.2 Å². The van der Waals surface area contributed by atoms with Crippen molar-refractivity contribution in [1.82, 2.24) is 10.3 Å². The van der Waals surface area contributed by atoms with Crippen LogP contribution in [-0.2, 0) is 10.0 Å². The second-order valence-corrected chi connectivity index (χ2v) is 6.56. The third-order valence-electron chi connectivity index (χ3n) is 3.23. The molecule has 0 saturated heterocycles. The van der Waals surface area contributed by atoms with Crippen LogP contribution in [-0.4, -0.2) is 19.3 Å². The van der Waals surface area contributed by atoms with Gasteiger partial charge in [0, 0.05) is 11.9 Å². The molecule has 22 heavy (non-hydrogen) atoms. The van der Waals surface area contributed by atoms with Crippen molar-refractivity contribution in [2.45, 2.75) is 24.8 Å². The predicted molar refractivity (Wildman–Crippen MR) is 82.7 cm³/mol. The van der Waals surface area contributed by atoms with Gasteiger partial charge in [0.15, 0.2) is 0 Å². The summed E-state index contributed by atoms with van der Waals surface area (Å²) >= 11 is 0. The van der Waals surface area contributed by atoms with Crippen LogP contribution < -0.4 is 10.5 Å². The number of amides is 1. The van der Waals surface area contributed by atoms with Crippen molar-refractivity contribution in [3.05, 3.63) is 59.4 Å². The summed E-state index contributed by atoms with van der Waals surface area (Å²) in [6.07, 6.45) is 1.52. The standard InChI is InChI=1S/C15H17N3O3S/c1-10-3-4-13(9-17-10)15(19)18-11(2)12-5-7-14(8-6-12)22(16,20)21/h3-9,11H,1-2H3,(H,18,19)(H2,16,20,21)/t11-/m0/s1. The number of aromatic nitrogens is 1. The van der Waals surface area contributed by atoms with Crippen molar-refractivity contribution in [3.63, 3.8) is 0 Å². The monoisotopic (exact) mass is 319 g/mol. The lowest BCUT2D eigenvalue weighted by atomic mass is 10.1. The number of pyridine rings is 1. The molecule has 1 amide bonds. The molecule has 1 aromatic carbocycles. The minimum absolute atomic E-state index is 0.0394. The van der Waals surface area contributed by atoms with Gasteiger partial charge in [-0.15, -0.1) is 0 Å². The summed E-state index contributed by atoms with van der Waals surface area (Å²) in [4.78, 5) is 16.2. The van der Waals surface area contributed by atoms with Crippen molar-refractivity contribution in [3.8, 4) is 0 Å². The van der Waals surface area contributed by atoms with Crippen molar-refractivity contribution in [2.75, 3.05) is 0 Å². The molecule has 2 aromatic rings. The summed E-state index contributed by atoms with van der Waals surface area (Å²) < 4.78 is 22.4. The van der Waals surface area contributed by atoms with Gasteiger partial charge >= 0.3 is 0 Å². The summed E-state index contributed by atoms with van der Waals surface area (Å²) in [5.74, 6) is -0.240. The second kappa shape index (κ2) is 6.25. The third-order valence-corrected chi connectivity index (χ3v) is 4.16. The van der Waals surface area contributed by atoms with Crippen molar-refractivity contribution < 1.29 is 13.2 Å². The fraction of sp³-hybridized carbons (Fsp3) is 0.200. The molecule has 1 heterocycles. The lowest BCUT2D eigenvalue weighted by molar-refractivity contribution is 0.0939. The van der Waals surface area contributed by atoms with E-state index in [1.165, 1.54) is 18.3 Å². The zero-order chi connectivity index (χ0) is 16.3. The van der Waals surface area contributed by atoms with Crippen molar-refractivity contribution in [2.24, 2.45) is 5.14 Å². The highest BCUT2D eigenvalue weighted by Crippen LogP contribution is 2.16. The highest BCUT2D eigenvalue weighted by atomic mass is 32.2. The summed E-state index contributed by atoms with van der Waals surface area (Å²) in [7, 11) is -3.71. The first kappa shape index (κ1) is 16.1. The molecule has 0 saturated carbocycles. The van der Waals surface area contributed by atoms with Crippen LogP contribution in [0.25, 0.3) is 0 Å². The van der Waals surface area contributed by atoms with Crippen LogP contribution in [0.4, 0.5) is 0 Å². The molecule has 0 aliphatic rings. The van der Waals surface area contributed by atoms with E-state index in [1.54, 1.807) is 24.3 Å². The van der Waals surface area contributed by atoms with Crippen LogP contribution in [0.3, 0.4) is 0 Å². The number of nitrogens with one attached hydrogen (secondary N) is 1. The Balaban J connectivity index is 2.10. The van der Waals surface area contributed by atoms with E-state index in [-0.39, 0.29) is 16.8 Å². The molecule has 1 aromatic heterocycles. The van der Waals surface area contributed by atoms with Gasteiger partial charge in [0.1, 0.15) is 0 Å². The molecule has 6 nitrogen and oxygen atoms in total. The first-order chi connectivity index (χ1) is 10.3. The molecule has 0 radical (unpaired) electrons. The molecule has 7 heteroatoms. The Hall–Kier alpha value is -2.25. The molecule has 0 unspecified atom stereocenters. The molecule has 0 aliphatic heterocycles. The first-order valence-corrected chi connectivity index (χ1v) is 8.18. The number of nitrogens with two attached hydrogens (primary N) is 1. The highest BCUT2D eigenvalue weighted by molar-refractivity contribution is 7.89. The van der Waals surface area contributed by atoms with Crippen LogP contribution in [0.5, 0.6) is 0 Å². The zero-order valence-corrected chi connectivity index (χ0v) is 13.1. The lowest BCUT2D eigenvalue weighted by Crippen LogP contribution is -2.26. The summed E-state index contributed by atoms with van der Waals surface area (Å²) in [6.45, 7) is 3.66. The Kier molecular flexibility index (Phi) is 4.58. The van der Waals surface area contributed by atoms with Crippen LogP contribution in [0.15, 0.2) is 47.5 Å². The van der Waals surface area contributed by atoms with Crippen LogP contribution in [0.2, 0.25) is 0 Å². The Bertz CT molecular complexity index is 769. The summed E-state index contributed by atoms with van der Waals surface area (Å²) in [6, 6.07) is 9.27. The second-order valence-electron chi connectivity index (χ2n) is 5.00. The van der Waals surface area contributed by atoms with Crippen molar-refractivity contribution in [1.29, 1.82) is 0 Å². The Morgan fingerprint density at radius 1 is 1.18 bits per heavy atom. The van der Waals surface area contributed by atoms with Gasteiger partial charge in [0.2, 0.25) is 10.0 Å². The van der Waals surface area contributed by atoms with Gasteiger partial charge in [-0.05, 0) is 43.7 Å². The minimum Gasteiger partial charge on any atom is -0.345 e.